The number of nitrogens with zero attached hydrogens (tertiary/aromatic N) is 1. The van der Waals surface area contributed by atoms with Crippen LogP contribution in [0.2, 0.25) is 0 Å². The Morgan fingerprint density at radius 3 is 2.75 bits per heavy atom. The fraction of sp³-hybridized carbons (Fsp3) is 0.353. The van der Waals surface area contributed by atoms with Crippen LogP contribution in [0.5, 0.6) is 5.75 Å². The van der Waals surface area contributed by atoms with E-state index in [4.69, 9.17) is 4.74 Å². The van der Waals surface area contributed by atoms with Crippen molar-refractivity contribution in [3.05, 3.63) is 54.2 Å². The van der Waals surface area contributed by atoms with E-state index in [9.17, 15) is 0 Å². The molecular weight excluding hydrogens is 248 g/mol. The highest BCUT2D eigenvalue weighted by molar-refractivity contribution is 5.49. The van der Waals surface area contributed by atoms with Gasteiger partial charge in [0, 0.05) is 12.7 Å². The minimum absolute atomic E-state index is 0.727. The summed E-state index contributed by atoms with van der Waals surface area (Å²) in [6, 6.07) is 14.4. The molecule has 1 aromatic carbocycles. The number of nitrogens with one attached hydrogen (secondary N) is 1. The molecule has 0 unspecified atom stereocenters. The quantitative estimate of drug-likeness (QED) is 0.738. The van der Waals surface area contributed by atoms with Crippen molar-refractivity contribution in [2.45, 2.75) is 26.2 Å². The molecule has 1 heterocycles. The lowest BCUT2D eigenvalue weighted by molar-refractivity contribution is 0.318. The zero-order valence-corrected chi connectivity index (χ0v) is 12.0. The van der Waals surface area contributed by atoms with E-state index in [1.807, 2.05) is 18.2 Å². The van der Waals surface area contributed by atoms with E-state index in [0.717, 1.165) is 44.0 Å². The van der Waals surface area contributed by atoms with Crippen molar-refractivity contribution >= 4 is 5.82 Å². The summed E-state index contributed by atoms with van der Waals surface area (Å²) in [5.74, 6) is 1.68. The van der Waals surface area contributed by atoms with Gasteiger partial charge in [-0.15, -0.1) is 0 Å². The minimum atomic E-state index is 0.727. The second-order valence-electron chi connectivity index (χ2n) is 4.71. The predicted octanol–water partition coefficient (Wildman–Crippen LogP) is 3.92. The molecule has 0 aliphatic carbocycles. The van der Waals surface area contributed by atoms with Crippen LogP contribution in [0.25, 0.3) is 0 Å². The molecule has 0 fully saturated rings. The van der Waals surface area contributed by atoms with Crippen LogP contribution in [-0.2, 0) is 6.42 Å². The number of ether oxygens (including phenoxy) is 1. The standard InChI is InChI=1S/C17H22N2O/c1-2-14-20-16-11-7-13-19-17(16)18-12-6-10-15-8-4-3-5-9-15/h3-5,7-9,11,13H,2,6,10,12,14H2,1H3,(H,18,19). The molecule has 0 radical (unpaired) electrons. The number of pyridine rings is 1. The third-order valence-electron chi connectivity index (χ3n) is 3.01. The smallest absolute Gasteiger partial charge is 0.168 e. The van der Waals surface area contributed by atoms with Gasteiger partial charge in [-0.1, -0.05) is 37.3 Å². The van der Waals surface area contributed by atoms with E-state index in [1.165, 1.54) is 5.56 Å². The van der Waals surface area contributed by atoms with Crippen LogP contribution >= 0.6 is 0 Å². The molecule has 1 N–H and O–H groups in total. The summed E-state index contributed by atoms with van der Waals surface area (Å²) in [7, 11) is 0. The Labute approximate surface area is 121 Å². The number of benzene rings is 1. The van der Waals surface area contributed by atoms with Gasteiger partial charge in [-0.2, -0.15) is 0 Å². The highest BCUT2D eigenvalue weighted by Gasteiger charge is 2.03. The summed E-state index contributed by atoms with van der Waals surface area (Å²) in [6.45, 7) is 3.72. The number of hydrogen-bond acceptors (Lipinski definition) is 3. The van der Waals surface area contributed by atoms with E-state index < -0.39 is 0 Å². The van der Waals surface area contributed by atoms with Crippen LogP contribution in [0.15, 0.2) is 48.7 Å². The maximum absolute atomic E-state index is 5.68. The lowest BCUT2D eigenvalue weighted by atomic mass is 10.1. The summed E-state index contributed by atoms with van der Waals surface area (Å²) in [6.07, 6.45) is 4.94. The summed E-state index contributed by atoms with van der Waals surface area (Å²) < 4.78 is 5.68. The Morgan fingerprint density at radius 2 is 1.95 bits per heavy atom. The normalized spacial score (nSPS) is 10.2. The average molecular weight is 270 g/mol. The van der Waals surface area contributed by atoms with Gasteiger partial charge in [0.2, 0.25) is 0 Å². The Morgan fingerprint density at radius 1 is 1.10 bits per heavy atom. The molecular formula is C17H22N2O. The first kappa shape index (κ1) is 14.4. The molecule has 0 amide bonds. The van der Waals surface area contributed by atoms with Gasteiger partial charge in [-0.3, -0.25) is 0 Å². The van der Waals surface area contributed by atoms with Crippen molar-refractivity contribution < 1.29 is 4.74 Å². The molecule has 0 bridgehead atoms. The van der Waals surface area contributed by atoms with Gasteiger partial charge < -0.3 is 10.1 Å². The molecule has 0 saturated heterocycles. The first-order valence-corrected chi connectivity index (χ1v) is 7.25. The van der Waals surface area contributed by atoms with E-state index in [1.54, 1.807) is 6.20 Å². The molecule has 3 nitrogen and oxygen atoms in total. The number of rotatable bonds is 8. The topological polar surface area (TPSA) is 34.1 Å². The van der Waals surface area contributed by atoms with Crippen molar-refractivity contribution in [2.24, 2.45) is 0 Å². The van der Waals surface area contributed by atoms with Crippen LogP contribution in [0, 0.1) is 0 Å². The second-order valence-corrected chi connectivity index (χ2v) is 4.71. The number of aromatic nitrogens is 1. The van der Waals surface area contributed by atoms with Crippen molar-refractivity contribution in [1.82, 2.24) is 4.98 Å². The molecule has 0 aliphatic heterocycles. The third-order valence-corrected chi connectivity index (χ3v) is 3.01. The van der Waals surface area contributed by atoms with Gasteiger partial charge in [-0.25, -0.2) is 4.98 Å². The van der Waals surface area contributed by atoms with E-state index in [2.05, 4.69) is 41.5 Å². The number of anilines is 1. The molecule has 0 spiro atoms. The maximum atomic E-state index is 5.68. The Kier molecular flexibility index (Phi) is 5.90. The molecule has 20 heavy (non-hydrogen) atoms. The molecule has 0 saturated carbocycles. The zero-order chi connectivity index (χ0) is 14.0. The molecule has 0 atom stereocenters. The summed E-state index contributed by atoms with van der Waals surface area (Å²) in [4.78, 5) is 4.34. The summed E-state index contributed by atoms with van der Waals surface area (Å²) in [5, 5.41) is 3.36. The first-order chi connectivity index (χ1) is 9.90. The van der Waals surface area contributed by atoms with Crippen LogP contribution in [0.4, 0.5) is 5.82 Å². The van der Waals surface area contributed by atoms with Crippen LogP contribution < -0.4 is 10.1 Å². The highest BCUT2D eigenvalue weighted by atomic mass is 16.5. The van der Waals surface area contributed by atoms with Gasteiger partial charge in [-0.05, 0) is 37.0 Å². The first-order valence-electron chi connectivity index (χ1n) is 7.25. The van der Waals surface area contributed by atoms with Crippen molar-refractivity contribution in [2.75, 3.05) is 18.5 Å². The van der Waals surface area contributed by atoms with E-state index >= 15 is 0 Å². The van der Waals surface area contributed by atoms with Crippen molar-refractivity contribution in [3.63, 3.8) is 0 Å². The molecule has 2 aromatic rings. The van der Waals surface area contributed by atoms with Gasteiger partial charge >= 0.3 is 0 Å². The molecule has 3 heteroatoms. The van der Waals surface area contributed by atoms with E-state index in [0.29, 0.717) is 0 Å². The SMILES string of the molecule is CCCOc1cccnc1NCCCc1ccccc1. The largest absolute Gasteiger partial charge is 0.490 e. The Bertz CT molecular complexity index is 499. The highest BCUT2D eigenvalue weighted by Crippen LogP contribution is 2.20. The van der Waals surface area contributed by atoms with Gasteiger partial charge in [0.1, 0.15) is 0 Å². The zero-order valence-electron chi connectivity index (χ0n) is 12.0. The lowest BCUT2D eigenvalue weighted by Crippen LogP contribution is -2.07. The fourth-order valence-corrected chi connectivity index (χ4v) is 2.00. The Balaban J connectivity index is 1.79. The monoisotopic (exact) mass is 270 g/mol. The summed E-state index contributed by atoms with van der Waals surface area (Å²) in [5.41, 5.74) is 1.37. The lowest BCUT2D eigenvalue weighted by Gasteiger charge is -2.11. The van der Waals surface area contributed by atoms with Gasteiger partial charge in [0.05, 0.1) is 6.61 Å². The minimum Gasteiger partial charge on any atom is -0.490 e. The molecule has 1 aromatic heterocycles. The third kappa shape index (κ3) is 4.57. The molecule has 106 valence electrons. The van der Waals surface area contributed by atoms with E-state index in [-0.39, 0.29) is 0 Å². The summed E-state index contributed by atoms with van der Waals surface area (Å²) >= 11 is 0. The molecule has 0 aliphatic rings. The molecule has 2 rings (SSSR count). The van der Waals surface area contributed by atoms with Crippen LogP contribution in [-0.4, -0.2) is 18.1 Å². The average Bonchev–Trinajstić information content (AvgIpc) is 2.51. The number of hydrogen-bond donors (Lipinski definition) is 1. The number of aryl methyl sites for hydroxylation is 1. The van der Waals surface area contributed by atoms with Crippen molar-refractivity contribution in [1.29, 1.82) is 0 Å². The Hall–Kier alpha value is -2.03. The van der Waals surface area contributed by atoms with Gasteiger partial charge in [0.15, 0.2) is 11.6 Å². The van der Waals surface area contributed by atoms with Crippen LogP contribution in [0.1, 0.15) is 25.3 Å². The predicted molar refractivity (Wildman–Crippen MR) is 83.3 cm³/mol. The van der Waals surface area contributed by atoms with Crippen LogP contribution in [0.3, 0.4) is 0 Å². The maximum Gasteiger partial charge on any atom is 0.168 e. The van der Waals surface area contributed by atoms with Gasteiger partial charge in [0.25, 0.3) is 0 Å². The van der Waals surface area contributed by atoms with Crippen molar-refractivity contribution in [3.8, 4) is 5.75 Å². The fourth-order valence-electron chi connectivity index (χ4n) is 2.00. The second kappa shape index (κ2) is 8.20.